The summed E-state index contributed by atoms with van der Waals surface area (Å²) in [7, 11) is 2.22. The van der Waals surface area contributed by atoms with E-state index >= 15 is 0 Å². The minimum Gasteiger partial charge on any atom is -0.329 e. The van der Waals surface area contributed by atoms with Gasteiger partial charge < -0.3 is 5.73 Å². The first-order chi connectivity index (χ1) is 9.18. The van der Waals surface area contributed by atoms with Crippen LogP contribution in [0.15, 0.2) is 24.5 Å². The predicted octanol–water partition coefficient (Wildman–Crippen LogP) is 2.85. The average molecular weight is 263 g/mol. The van der Waals surface area contributed by atoms with Gasteiger partial charge in [0.15, 0.2) is 0 Å². The summed E-state index contributed by atoms with van der Waals surface area (Å²) in [5.74, 6) is 0. The highest BCUT2D eigenvalue weighted by molar-refractivity contribution is 5.10. The van der Waals surface area contributed by atoms with Crippen molar-refractivity contribution in [3.63, 3.8) is 0 Å². The molecular weight excluding hydrogens is 234 g/mol. The molecule has 19 heavy (non-hydrogen) atoms. The van der Waals surface area contributed by atoms with Gasteiger partial charge >= 0.3 is 0 Å². The Morgan fingerprint density at radius 3 is 2.47 bits per heavy atom. The highest BCUT2D eigenvalue weighted by Crippen LogP contribution is 2.24. The zero-order valence-corrected chi connectivity index (χ0v) is 12.7. The van der Waals surface area contributed by atoms with Crippen molar-refractivity contribution in [3.05, 3.63) is 30.1 Å². The van der Waals surface area contributed by atoms with Crippen LogP contribution in [0.4, 0.5) is 0 Å². The van der Waals surface area contributed by atoms with Gasteiger partial charge in [0.1, 0.15) is 0 Å². The van der Waals surface area contributed by atoms with E-state index in [0.29, 0.717) is 0 Å². The van der Waals surface area contributed by atoms with Crippen LogP contribution in [-0.2, 0) is 6.42 Å². The molecule has 1 unspecified atom stereocenters. The topological polar surface area (TPSA) is 42.1 Å². The molecule has 2 N–H and O–H groups in total. The molecule has 0 bridgehead atoms. The van der Waals surface area contributed by atoms with Crippen molar-refractivity contribution < 1.29 is 0 Å². The lowest BCUT2D eigenvalue weighted by molar-refractivity contribution is 0.109. The molecular formula is C16H29N3. The highest BCUT2D eigenvalue weighted by atomic mass is 15.2. The third-order valence-electron chi connectivity index (χ3n) is 4.33. The first-order valence-electron chi connectivity index (χ1n) is 7.48. The molecule has 1 heterocycles. The molecule has 0 aromatic carbocycles. The number of likely N-dealkylation sites (N-methyl/N-ethyl adjacent to an activating group) is 1. The molecule has 1 aromatic rings. The minimum absolute atomic E-state index is 0.170. The molecule has 108 valence electrons. The molecule has 1 rings (SSSR count). The van der Waals surface area contributed by atoms with E-state index in [1.165, 1.54) is 24.8 Å². The molecule has 0 amide bonds. The Hall–Kier alpha value is -0.930. The van der Waals surface area contributed by atoms with Crippen LogP contribution in [0, 0.1) is 0 Å². The van der Waals surface area contributed by atoms with Crippen LogP contribution in [0.5, 0.6) is 0 Å². The van der Waals surface area contributed by atoms with Crippen LogP contribution in [0.3, 0.4) is 0 Å². The minimum atomic E-state index is 0.170. The largest absolute Gasteiger partial charge is 0.329 e. The van der Waals surface area contributed by atoms with E-state index in [1.807, 2.05) is 12.4 Å². The lowest BCUT2D eigenvalue weighted by Gasteiger charge is -2.41. The van der Waals surface area contributed by atoms with Crippen molar-refractivity contribution in [3.8, 4) is 0 Å². The Balaban J connectivity index is 2.59. The van der Waals surface area contributed by atoms with E-state index in [9.17, 15) is 0 Å². The number of nitrogens with zero attached hydrogens (tertiary/aromatic N) is 2. The molecule has 3 nitrogen and oxygen atoms in total. The van der Waals surface area contributed by atoms with Gasteiger partial charge in [-0.2, -0.15) is 0 Å². The van der Waals surface area contributed by atoms with E-state index in [0.717, 1.165) is 25.9 Å². The molecule has 0 radical (unpaired) electrons. The van der Waals surface area contributed by atoms with E-state index in [-0.39, 0.29) is 5.54 Å². The third kappa shape index (κ3) is 4.59. The fourth-order valence-corrected chi connectivity index (χ4v) is 2.63. The van der Waals surface area contributed by atoms with E-state index < -0.39 is 0 Å². The average Bonchev–Trinajstić information content (AvgIpc) is 2.48. The summed E-state index contributed by atoms with van der Waals surface area (Å²) in [5, 5.41) is 0. The zero-order chi connectivity index (χ0) is 14.1. The van der Waals surface area contributed by atoms with Crippen molar-refractivity contribution in [2.45, 2.75) is 51.5 Å². The number of pyridine rings is 1. The summed E-state index contributed by atoms with van der Waals surface area (Å²) >= 11 is 0. The number of hydrogen-bond acceptors (Lipinski definition) is 3. The zero-order valence-electron chi connectivity index (χ0n) is 12.7. The SMILES string of the molecule is CCCCC(CC)(CN)N(C)CCc1ccncc1. The van der Waals surface area contributed by atoms with Gasteiger partial charge in [0.05, 0.1) is 0 Å². The van der Waals surface area contributed by atoms with Gasteiger partial charge in [-0.05, 0) is 44.0 Å². The Bertz CT molecular complexity index is 333. The maximum atomic E-state index is 6.08. The third-order valence-corrected chi connectivity index (χ3v) is 4.33. The van der Waals surface area contributed by atoms with Crippen molar-refractivity contribution in [2.75, 3.05) is 20.1 Å². The van der Waals surface area contributed by atoms with Crippen LogP contribution in [0.25, 0.3) is 0 Å². The molecule has 1 aromatic heterocycles. The van der Waals surface area contributed by atoms with Gasteiger partial charge in [-0.25, -0.2) is 0 Å². The molecule has 0 fully saturated rings. The molecule has 0 aliphatic heterocycles. The lowest BCUT2D eigenvalue weighted by atomic mass is 9.88. The number of aromatic nitrogens is 1. The van der Waals surface area contributed by atoms with Gasteiger partial charge in [0.25, 0.3) is 0 Å². The summed E-state index contributed by atoms with van der Waals surface area (Å²) in [6.45, 7) is 6.30. The fourth-order valence-electron chi connectivity index (χ4n) is 2.63. The fraction of sp³-hybridized carbons (Fsp3) is 0.688. The molecule has 0 aliphatic rings. The van der Waals surface area contributed by atoms with E-state index in [1.54, 1.807) is 0 Å². The van der Waals surface area contributed by atoms with E-state index in [2.05, 4.69) is 42.9 Å². The second-order valence-corrected chi connectivity index (χ2v) is 5.41. The standard InChI is InChI=1S/C16H29N3/c1-4-6-10-16(5-2,14-17)19(3)13-9-15-7-11-18-12-8-15/h7-8,11-12H,4-6,9-10,13-14,17H2,1-3H3. The molecule has 3 heteroatoms. The first kappa shape index (κ1) is 16.1. The van der Waals surface area contributed by atoms with Crippen LogP contribution in [0.2, 0.25) is 0 Å². The normalized spacial score (nSPS) is 14.6. The van der Waals surface area contributed by atoms with Crippen molar-refractivity contribution in [2.24, 2.45) is 5.73 Å². The van der Waals surface area contributed by atoms with Crippen LogP contribution in [0.1, 0.15) is 45.1 Å². The van der Waals surface area contributed by atoms with Gasteiger partial charge in [-0.15, -0.1) is 0 Å². The first-order valence-corrected chi connectivity index (χ1v) is 7.48. The molecule has 0 saturated carbocycles. The molecule has 1 atom stereocenters. The maximum absolute atomic E-state index is 6.08. The van der Waals surface area contributed by atoms with Gasteiger partial charge in [0, 0.05) is 31.0 Å². The highest BCUT2D eigenvalue weighted by Gasteiger charge is 2.30. The summed E-state index contributed by atoms with van der Waals surface area (Å²) in [6.07, 6.45) is 9.60. The molecule has 0 saturated heterocycles. The summed E-state index contributed by atoms with van der Waals surface area (Å²) in [6, 6.07) is 4.19. The van der Waals surface area contributed by atoms with Crippen molar-refractivity contribution in [1.29, 1.82) is 0 Å². The van der Waals surface area contributed by atoms with E-state index in [4.69, 9.17) is 5.73 Å². The Labute approximate surface area is 118 Å². The van der Waals surface area contributed by atoms with Crippen molar-refractivity contribution >= 4 is 0 Å². The second-order valence-electron chi connectivity index (χ2n) is 5.41. The second kappa shape index (κ2) is 8.28. The summed E-state index contributed by atoms with van der Waals surface area (Å²) in [5.41, 5.74) is 7.59. The smallest absolute Gasteiger partial charge is 0.0326 e. The number of nitrogens with two attached hydrogens (primary N) is 1. The quantitative estimate of drug-likeness (QED) is 0.745. The summed E-state index contributed by atoms with van der Waals surface area (Å²) < 4.78 is 0. The predicted molar refractivity (Wildman–Crippen MR) is 82.2 cm³/mol. The Kier molecular flexibility index (Phi) is 7.03. The van der Waals surface area contributed by atoms with Gasteiger partial charge in [0.2, 0.25) is 0 Å². The Morgan fingerprint density at radius 2 is 1.95 bits per heavy atom. The van der Waals surface area contributed by atoms with Gasteiger partial charge in [-0.1, -0.05) is 26.7 Å². The molecule has 0 spiro atoms. The van der Waals surface area contributed by atoms with Gasteiger partial charge in [-0.3, -0.25) is 9.88 Å². The van der Waals surface area contributed by atoms with Crippen LogP contribution in [-0.4, -0.2) is 35.6 Å². The number of unbranched alkanes of at least 4 members (excludes halogenated alkanes) is 1. The molecule has 0 aliphatic carbocycles. The lowest BCUT2D eigenvalue weighted by Crippen LogP contribution is -2.52. The number of hydrogen-bond donors (Lipinski definition) is 1. The Morgan fingerprint density at radius 1 is 1.26 bits per heavy atom. The summed E-state index contributed by atoms with van der Waals surface area (Å²) in [4.78, 5) is 6.52. The maximum Gasteiger partial charge on any atom is 0.0326 e. The van der Waals surface area contributed by atoms with Crippen LogP contribution < -0.4 is 5.73 Å². The number of rotatable bonds is 9. The monoisotopic (exact) mass is 263 g/mol. The van der Waals surface area contributed by atoms with Crippen LogP contribution >= 0.6 is 0 Å². The van der Waals surface area contributed by atoms with Crippen molar-refractivity contribution in [1.82, 2.24) is 9.88 Å².